The molecule has 3 N–H and O–H groups in total. The largest absolute Gasteiger partial charge is 0.470 e. The Kier molecular flexibility index (Phi) is 5.92. The summed E-state index contributed by atoms with van der Waals surface area (Å²) in [5.41, 5.74) is 0.642. The Morgan fingerprint density at radius 1 is 1.27 bits per heavy atom. The van der Waals surface area contributed by atoms with Crippen molar-refractivity contribution < 1.29 is 38.0 Å². The minimum Gasteiger partial charge on any atom is -0.442 e. The van der Waals surface area contributed by atoms with Gasteiger partial charge in [-0.1, -0.05) is 12.1 Å². The van der Waals surface area contributed by atoms with E-state index in [2.05, 4.69) is 15.9 Å². The van der Waals surface area contributed by atoms with Gasteiger partial charge in [-0.3, -0.25) is 19.0 Å². The average molecular weight is 478 g/mol. The van der Waals surface area contributed by atoms with Crippen molar-refractivity contribution in [3.63, 3.8) is 0 Å². The fraction of sp³-hybridized carbons (Fsp3) is 0.500. The Morgan fingerprint density at radius 2 is 1.91 bits per heavy atom. The van der Waals surface area contributed by atoms with Crippen LogP contribution < -0.4 is 10.2 Å². The predicted octanol–water partition coefficient (Wildman–Crippen LogP) is 0.107. The number of benzene rings is 1. The maximum atomic E-state index is 12.2. The molecule has 0 aromatic heterocycles. The first-order valence-electron chi connectivity index (χ1n) is 10.3. The molecule has 12 nitrogen and oxygen atoms in total. The summed E-state index contributed by atoms with van der Waals surface area (Å²) >= 11 is 0. The van der Waals surface area contributed by atoms with Gasteiger partial charge >= 0.3 is 13.9 Å². The van der Waals surface area contributed by atoms with E-state index >= 15 is 0 Å². The molecule has 1 aromatic rings. The second kappa shape index (κ2) is 8.43. The lowest BCUT2D eigenvalue weighted by Gasteiger charge is -2.23. The Morgan fingerprint density at radius 3 is 2.45 bits per heavy atom. The SMILES string of the molecule is CC(=O)NC[C@H]1CN(c2ccc(C3(C#N)[C@@H]4CN(C(=O)COP(=O)(O)O)C[C@@H]43)cc2)C(=O)O1. The van der Waals surface area contributed by atoms with Gasteiger partial charge in [0.2, 0.25) is 11.8 Å². The molecule has 33 heavy (non-hydrogen) atoms. The zero-order chi connectivity index (χ0) is 24.0. The first-order valence-corrected chi connectivity index (χ1v) is 11.8. The van der Waals surface area contributed by atoms with E-state index in [1.165, 1.54) is 16.7 Å². The molecule has 4 atom stereocenters. The third kappa shape index (κ3) is 4.45. The minimum absolute atomic E-state index is 0.0915. The van der Waals surface area contributed by atoms with Crippen molar-refractivity contribution >= 4 is 31.4 Å². The fourth-order valence-corrected chi connectivity index (χ4v) is 5.02. The minimum atomic E-state index is -4.73. The van der Waals surface area contributed by atoms with Gasteiger partial charge in [-0.2, -0.15) is 5.26 Å². The van der Waals surface area contributed by atoms with Gasteiger partial charge in [0.1, 0.15) is 12.7 Å². The highest BCUT2D eigenvalue weighted by molar-refractivity contribution is 7.46. The molecule has 3 aliphatic rings. The molecule has 0 spiro atoms. The van der Waals surface area contributed by atoms with E-state index < -0.39 is 37.9 Å². The van der Waals surface area contributed by atoms with E-state index in [-0.39, 0.29) is 24.3 Å². The van der Waals surface area contributed by atoms with Crippen LogP contribution in [0.5, 0.6) is 0 Å². The lowest BCUT2D eigenvalue weighted by Crippen LogP contribution is -2.37. The fourth-order valence-electron chi connectivity index (χ4n) is 4.74. The molecule has 2 aliphatic heterocycles. The average Bonchev–Trinajstić information content (AvgIpc) is 3.06. The van der Waals surface area contributed by atoms with Crippen LogP contribution in [-0.2, 0) is 28.8 Å². The number of carbonyl (C=O) groups excluding carboxylic acids is 3. The number of piperidine rings is 1. The Bertz CT molecular complexity index is 1050. The van der Waals surface area contributed by atoms with E-state index in [4.69, 9.17) is 14.5 Å². The first kappa shape index (κ1) is 23.2. The summed E-state index contributed by atoms with van der Waals surface area (Å²) in [6.07, 6.45) is -0.963. The highest BCUT2D eigenvalue weighted by Crippen LogP contribution is 2.63. The second-order valence-electron chi connectivity index (χ2n) is 8.36. The monoisotopic (exact) mass is 478 g/mol. The van der Waals surface area contributed by atoms with Crippen LogP contribution in [0.4, 0.5) is 10.5 Å². The highest BCUT2D eigenvalue weighted by atomic mass is 31.2. The number of nitriles is 1. The summed E-state index contributed by atoms with van der Waals surface area (Å²) in [4.78, 5) is 55.8. The van der Waals surface area contributed by atoms with Gasteiger partial charge in [-0.05, 0) is 17.7 Å². The van der Waals surface area contributed by atoms with E-state index in [1.54, 1.807) is 24.3 Å². The molecule has 1 aliphatic carbocycles. The van der Waals surface area contributed by atoms with Crippen molar-refractivity contribution in [1.82, 2.24) is 10.2 Å². The number of carbonyl (C=O) groups is 3. The molecule has 13 heteroatoms. The standard InChI is InChI=1S/C20H23N4O8P/c1-12(25)22-6-15-7-24(19(27)32-15)14-4-2-13(3-5-14)20(11-21)16-8-23(9-17(16)20)18(26)10-31-33(28,29)30/h2-5,15-17H,6-10H2,1H3,(H,22,25)(H2,28,29,30)/t15-,16-,17+,20?/m0/s1. The van der Waals surface area contributed by atoms with Gasteiger partial charge < -0.3 is 24.7 Å². The predicted molar refractivity (Wildman–Crippen MR) is 112 cm³/mol. The maximum absolute atomic E-state index is 12.2. The molecular formula is C20H23N4O8P. The zero-order valence-electron chi connectivity index (χ0n) is 17.7. The third-order valence-corrected chi connectivity index (χ3v) is 6.85. The molecule has 4 rings (SSSR count). The number of hydrogen-bond acceptors (Lipinski definition) is 7. The van der Waals surface area contributed by atoms with E-state index in [0.717, 1.165) is 5.56 Å². The second-order valence-corrected chi connectivity index (χ2v) is 9.60. The third-order valence-electron chi connectivity index (χ3n) is 6.38. The molecule has 1 aromatic carbocycles. The molecular weight excluding hydrogens is 455 g/mol. The number of nitrogens with one attached hydrogen (secondary N) is 1. The maximum Gasteiger partial charge on any atom is 0.470 e. The van der Waals surface area contributed by atoms with Crippen molar-refractivity contribution in [2.24, 2.45) is 11.8 Å². The van der Waals surface area contributed by atoms with E-state index in [0.29, 0.717) is 25.3 Å². The van der Waals surface area contributed by atoms with E-state index in [9.17, 15) is 24.2 Å². The van der Waals surface area contributed by atoms with Crippen LogP contribution in [0.1, 0.15) is 12.5 Å². The van der Waals surface area contributed by atoms with Crippen molar-refractivity contribution in [3.8, 4) is 6.07 Å². The van der Waals surface area contributed by atoms with Crippen molar-refractivity contribution in [3.05, 3.63) is 29.8 Å². The normalized spacial score (nSPS) is 28.2. The number of rotatable bonds is 7. The number of nitrogens with zero attached hydrogens (tertiary/aromatic N) is 3. The number of cyclic esters (lactones) is 1. The summed E-state index contributed by atoms with van der Waals surface area (Å²) in [6, 6.07) is 9.43. The van der Waals surface area contributed by atoms with Crippen molar-refractivity contribution in [1.29, 1.82) is 5.26 Å². The molecule has 1 saturated carbocycles. The van der Waals surface area contributed by atoms with Crippen LogP contribution in [-0.4, -0.2) is 71.5 Å². The molecule has 176 valence electrons. The van der Waals surface area contributed by atoms with Crippen LogP contribution in [0.15, 0.2) is 24.3 Å². The lowest BCUT2D eigenvalue weighted by molar-refractivity contribution is -0.133. The quantitative estimate of drug-likeness (QED) is 0.460. The number of hydrogen-bond donors (Lipinski definition) is 3. The van der Waals surface area contributed by atoms with Crippen LogP contribution in [0, 0.1) is 23.2 Å². The van der Waals surface area contributed by atoms with Crippen LogP contribution in [0.2, 0.25) is 0 Å². The highest BCUT2D eigenvalue weighted by Gasteiger charge is 2.70. The Labute approximate surface area is 189 Å². The molecule has 2 heterocycles. The van der Waals surface area contributed by atoms with Crippen molar-refractivity contribution in [2.45, 2.75) is 18.4 Å². The summed E-state index contributed by atoms with van der Waals surface area (Å²) in [7, 11) is -4.73. The topological polar surface area (TPSA) is 170 Å². The van der Waals surface area contributed by atoms with Gasteiger partial charge in [0, 0.05) is 37.5 Å². The van der Waals surface area contributed by atoms with Crippen molar-refractivity contribution in [2.75, 3.05) is 37.7 Å². The number of fused-ring (bicyclic) bond motifs is 1. The van der Waals surface area contributed by atoms with E-state index in [1.807, 2.05) is 0 Å². The Balaban J connectivity index is 1.38. The molecule has 1 unspecified atom stereocenters. The molecule has 3 fully saturated rings. The van der Waals surface area contributed by atoms with Gasteiger partial charge in [0.15, 0.2) is 0 Å². The van der Waals surface area contributed by atoms with Crippen LogP contribution >= 0.6 is 7.82 Å². The number of phosphoric acid groups is 1. The number of phosphoric ester groups is 1. The summed E-state index contributed by atoms with van der Waals surface area (Å²) < 4.78 is 20.3. The molecule has 0 radical (unpaired) electrons. The van der Waals surface area contributed by atoms with Crippen LogP contribution in [0.3, 0.4) is 0 Å². The van der Waals surface area contributed by atoms with Gasteiger partial charge in [-0.15, -0.1) is 0 Å². The van der Waals surface area contributed by atoms with Gasteiger partial charge in [0.05, 0.1) is 24.6 Å². The first-order chi connectivity index (χ1) is 15.5. The van der Waals surface area contributed by atoms with Gasteiger partial charge in [0.25, 0.3) is 0 Å². The zero-order valence-corrected chi connectivity index (χ0v) is 18.6. The smallest absolute Gasteiger partial charge is 0.442 e. The number of anilines is 1. The van der Waals surface area contributed by atoms with Gasteiger partial charge in [-0.25, -0.2) is 9.36 Å². The summed E-state index contributed by atoms with van der Waals surface area (Å²) in [5, 5.41) is 12.5. The number of ether oxygens (including phenoxy) is 1. The van der Waals surface area contributed by atoms with Crippen LogP contribution in [0.25, 0.3) is 0 Å². The lowest BCUT2D eigenvalue weighted by atomic mass is 9.91. The number of amides is 3. The summed E-state index contributed by atoms with van der Waals surface area (Å²) in [6.45, 7) is 1.79. The number of likely N-dealkylation sites (tertiary alicyclic amines) is 1. The summed E-state index contributed by atoms with van der Waals surface area (Å²) in [5.74, 6) is -0.924. The molecule has 3 amide bonds. The molecule has 0 bridgehead atoms. The molecule has 2 saturated heterocycles. The Hall–Kier alpha value is -2.97.